The smallest absolute Gasteiger partial charge is 0.132 e. The van der Waals surface area contributed by atoms with Gasteiger partial charge in [-0.1, -0.05) is 11.6 Å². The van der Waals surface area contributed by atoms with Gasteiger partial charge in [0.15, 0.2) is 0 Å². The summed E-state index contributed by atoms with van der Waals surface area (Å²) in [5.74, 6) is 0. The molecule has 0 saturated carbocycles. The molecule has 0 atom stereocenters. The van der Waals surface area contributed by atoms with E-state index >= 15 is 0 Å². The monoisotopic (exact) mass is 293 g/mol. The Hall–Kier alpha value is -0.360. The zero-order chi connectivity index (χ0) is 8.72. The van der Waals surface area contributed by atoms with E-state index in [-0.39, 0.29) is 0 Å². The molecule has 0 aromatic carbocycles. The van der Waals surface area contributed by atoms with E-state index in [9.17, 15) is 0 Å². The minimum Gasteiger partial charge on any atom is -0.274 e. The molecule has 0 aliphatic heterocycles. The predicted octanol–water partition coefficient (Wildman–Crippen LogP) is 2.23. The topological polar surface area (TPSA) is 30.7 Å². The van der Waals surface area contributed by atoms with E-state index in [4.69, 9.17) is 11.6 Å². The molecule has 0 fully saturated rings. The Morgan fingerprint density at radius 1 is 1.58 bits per heavy atom. The quantitative estimate of drug-likeness (QED) is 0.551. The van der Waals surface area contributed by atoms with Gasteiger partial charge in [0.1, 0.15) is 8.85 Å². The molecule has 0 aliphatic rings. The van der Waals surface area contributed by atoms with Gasteiger partial charge in [0, 0.05) is 19.3 Å². The maximum Gasteiger partial charge on any atom is 0.132 e. The van der Waals surface area contributed by atoms with E-state index in [2.05, 4.69) is 32.7 Å². The van der Waals surface area contributed by atoms with Crippen molar-refractivity contribution in [3.63, 3.8) is 0 Å². The zero-order valence-corrected chi connectivity index (χ0v) is 9.17. The first-order valence-corrected chi connectivity index (χ1v) is 4.78. The van der Waals surface area contributed by atoms with Gasteiger partial charge in [-0.2, -0.15) is 5.10 Å². The lowest BCUT2D eigenvalue weighted by molar-refractivity contribution is 0.779. The van der Waals surface area contributed by atoms with Crippen molar-refractivity contribution in [1.82, 2.24) is 14.8 Å². The van der Waals surface area contributed by atoms with Gasteiger partial charge in [0.05, 0.1) is 10.9 Å². The van der Waals surface area contributed by atoms with Crippen molar-refractivity contribution >= 4 is 45.1 Å². The van der Waals surface area contributed by atoms with Crippen LogP contribution in [0.2, 0.25) is 5.15 Å². The van der Waals surface area contributed by atoms with Gasteiger partial charge < -0.3 is 0 Å². The highest BCUT2D eigenvalue weighted by Gasteiger charge is 2.04. The molecule has 3 nitrogen and oxygen atoms in total. The number of nitrogens with zero attached hydrogens (tertiary/aromatic N) is 3. The number of fused-ring (bicyclic) bond motifs is 1. The molecule has 0 spiro atoms. The Labute approximate surface area is 87.9 Å². The second kappa shape index (κ2) is 2.85. The van der Waals surface area contributed by atoms with Gasteiger partial charge in [0.2, 0.25) is 0 Å². The summed E-state index contributed by atoms with van der Waals surface area (Å²) in [4.78, 5) is 4.11. The largest absolute Gasteiger partial charge is 0.274 e. The Morgan fingerprint density at radius 3 is 3.08 bits per heavy atom. The van der Waals surface area contributed by atoms with Crippen LogP contribution < -0.4 is 0 Å². The predicted molar refractivity (Wildman–Crippen MR) is 56.2 cm³/mol. The maximum atomic E-state index is 5.77. The summed E-state index contributed by atoms with van der Waals surface area (Å²) in [7, 11) is 1.88. The molecule has 0 radical (unpaired) electrons. The van der Waals surface area contributed by atoms with Crippen LogP contribution in [0.4, 0.5) is 0 Å². The highest BCUT2D eigenvalue weighted by Crippen LogP contribution is 2.20. The molecular formula is C7H5ClIN3. The lowest BCUT2D eigenvalue weighted by Crippen LogP contribution is -1.84. The molecule has 5 heteroatoms. The second-order valence-corrected chi connectivity index (χ2v) is 3.88. The molecule has 0 saturated heterocycles. The van der Waals surface area contributed by atoms with Gasteiger partial charge in [0.25, 0.3) is 0 Å². The van der Waals surface area contributed by atoms with Crippen molar-refractivity contribution < 1.29 is 0 Å². The molecule has 0 bridgehead atoms. The summed E-state index contributed by atoms with van der Waals surface area (Å²) in [5.41, 5.74) is 0.891. The van der Waals surface area contributed by atoms with Crippen molar-refractivity contribution in [3.05, 3.63) is 21.1 Å². The van der Waals surface area contributed by atoms with E-state index in [1.54, 1.807) is 10.7 Å². The zero-order valence-electron chi connectivity index (χ0n) is 6.25. The van der Waals surface area contributed by atoms with E-state index in [0.29, 0.717) is 5.15 Å². The van der Waals surface area contributed by atoms with Crippen LogP contribution in [0.1, 0.15) is 0 Å². The third kappa shape index (κ3) is 1.29. The third-order valence-corrected chi connectivity index (χ3v) is 2.56. The highest BCUT2D eigenvalue weighted by atomic mass is 127. The number of pyridine rings is 1. The van der Waals surface area contributed by atoms with Gasteiger partial charge >= 0.3 is 0 Å². The summed E-state index contributed by atoms with van der Waals surface area (Å²) in [6.07, 6.45) is 1.93. The first-order valence-electron chi connectivity index (χ1n) is 3.32. The highest BCUT2D eigenvalue weighted by molar-refractivity contribution is 14.1. The number of aryl methyl sites for hydroxylation is 1. The van der Waals surface area contributed by atoms with Crippen molar-refractivity contribution in [2.24, 2.45) is 7.05 Å². The van der Waals surface area contributed by atoms with Crippen LogP contribution in [0.15, 0.2) is 12.3 Å². The average Bonchev–Trinajstić information content (AvgIpc) is 2.29. The van der Waals surface area contributed by atoms with Crippen LogP contribution in [0.25, 0.3) is 10.9 Å². The van der Waals surface area contributed by atoms with Crippen LogP contribution in [-0.4, -0.2) is 14.8 Å². The molecule has 0 unspecified atom stereocenters. The number of aromatic nitrogens is 3. The summed E-state index contributed by atoms with van der Waals surface area (Å²) in [6.45, 7) is 0. The fourth-order valence-corrected chi connectivity index (χ4v) is 2.08. The lowest BCUT2D eigenvalue weighted by atomic mass is 10.3. The molecule has 2 aromatic heterocycles. The number of halogens is 2. The lowest BCUT2D eigenvalue weighted by Gasteiger charge is -1.91. The van der Waals surface area contributed by atoms with Gasteiger partial charge in [-0.3, -0.25) is 4.68 Å². The van der Waals surface area contributed by atoms with E-state index in [0.717, 1.165) is 14.6 Å². The molecule has 62 valence electrons. The molecule has 2 rings (SSSR count). The van der Waals surface area contributed by atoms with Gasteiger partial charge in [-0.25, -0.2) is 4.98 Å². The first-order chi connectivity index (χ1) is 5.66. The minimum absolute atomic E-state index is 0.491. The Morgan fingerprint density at radius 2 is 2.33 bits per heavy atom. The van der Waals surface area contributed by atoms with Crippen molar-refractivity contribution in [2.45, 2.75) is 0 Å². The third-order valence-electron chi connectivity index (χ3n) is 1.54. The summed E-state index contributed by atoms with van der Waals surface area (Å²) < 4.78 is 2.65. The van der Waals surface area contributed by atoms with Crippen LogP contribution in [0, 0.1) is 3.70 Å². The number of rotatable bonds is 0. The van der Waals surface area contributed by atoms with Crippen molar-refractivity contribution in [3.8, 4) is 0 Å². The molecule has 0 N–H and O–H groups in total. The fourth-order valence-electron chi connectivity index (χ4n) is 1.07. The second-order valence-electron chi connectivity index (χ2n) is 2.47. The van der Waals surface area contributed by atoms with E-state index in [1.165, 1.54) is 0 Å². The van der Waals surface area contributed by atoms with Crippen molar-refractivity contribution in [1.29, 1.82) is 0 Å². The van der Waals surface area contributed by atoms with E-state index < -0.39 is 0 Å². The SMILES string of the molecule is Cn1cc2c(I)nc(Cl)cc2n1. The molecule has 0 aliphatic carbocycles. The Kier molecular flexibility index (Phi) is 1.96. The Bertz CT molecular complexity index is 437. The maximum absolute atomic E-state index is 5.77. The molecule has 2 heterocycles. The van der Waals surface area contributed by atoms with Gasteiger partial charge in [-0.05, 0) is 22.6 Å². The van der Waals surface area contributed by atoms with Crippen LogP contribution in [0.3, 0.4) is 0 Å². The van der Waals surface area contributed by atoms with E-state index in [1.807, 2.05) is 13.2 Å². The molecule has 12 heavy (non-hydrogen) atoms. The average molecular weight is 293 g/mol. The normalized spacial score (nSPS) is 10.9. The molecule has 0 amide bonds. The Balaban J connectivity index is 2.88. The van der Waals surface area contributed by atoms with Gasteiger partial charge in [-0.15, -0.1) is 0 Å². The number of hydrogen-bond donors (Lipinski definition) is 0. The fraction of sp³-hybridized carbons (Fsp3) is 0.143. The minimum atomic E-state index is 0.491. The van der Waals surface area contributed by atoms with Crippen LogP contribution in [-0.2, 0) is 7.05 Å². The summed E-state index contributed by atoms with van der Waals surface area (Å²) in [6, 6.07) is 1.76. The molecule has 2 aromatic rings. The molecular weight excluding hydrogens is 288 g/mol. The van der Waals surface area contributed by atoms with Crippen LogP contribution >= 0.6 is 34.2 Å². The first kappa shape index (κ1) is 8.25. The number of hydrogen-bond acceptors (Lipinski definition) is 2. The standard InChI is InChI=1S/C7H5ClIN3/c1-12-3-4-5(11-12)2-6(8)10-7(4)9/h2-3H,1H3. The summed E-state index contributed by atoms with van der Waals surface area (Å²) in [5, 5.41) is 5.76. The van der Waals surface area contributed by atoms with Crippen molar-refractivity contribution in [2.75, 3.05) is 0 Å². The summed E-state index contributed by atoms with van der Waals surface area (Å²) >= 11 is 7.92. The van der Waals surface area contributed by atoms with Crippen LogP contribution in [0.5, 0.6) is 0 Å².